The summed E-state index contributed by atoms with van der Waals surface area (Å²) < 4.78 is 1.95. The zero-order valence-corrected chi connectivity index (χ0v) is 13.1. The minimum atomic E-state index is -0.692. The number of hydrazone groups is 1. The van der Waals surface area contributed by atoms with Gasteiger partial charge >= 0.3 is 5.69 Å². The number of hydrogen-bond donors (Lipinski definition) is 1. The molecule has 2 aromatic carbocycles. The maximum absolute atomic E-state index is 11.1. The fraction of sp³-hybridized carbons (Fsp3) is 0.0625. The largest absolute Gasteiger partial charge is 0.350 e. The van der Waals surface area contributed by atoms with Gasteiger partial charge < -0.3 is 4.57 Å². The molecule has 0 radical (unpaired) electrons. The second kappa shape index (κ2) is 6.40. The van der Waals surface area contributed by atoms with Crippen molar-refractivity contribution in [2.45, 2.75) is 0 Å². The number of nitro groups is 2. The van der Waals surface area contributed by atoms with Crippen molar-refractivity contribution in [3.8, 4) is 0 Å². The molecule has 1 aromatic heterocycles. The van der Waals surface area contributed by atoms with E-state index in [-0.39, 0.29) is 11.4 Å². The lowest BCUT2D eigenvalue weighted by molar-refractivity contribution is -0.393. The highest BCUT2D eigenvalue weighted by molar-refractivity contribution is 5.99. The van der Waals surface area contributed by atoms with E-state index >= 15 is 0 Å². The van der Waals surface area contributed by atoms with Crippen LogP contribution in [0, 0.1) is 20.2 Å². The monoisotopic (exact) mass is 339 g/mol. The van der Waals surface area contributed by atoms with Gasteiger partial charge in [-0.05, 0) is 12.1 Å². The first kappa shape index (κ1) is 16.1. The lowest BCUT2D eigenvalue weighted by Crippen LogP contribution is -1.98. The summed E-state index contributed by atoms with van der Waals surface area (Å²) in [7, 11) is 1.91. The van der Waals surface area contributed by atoms with E-state index in [9.17, 15) is 20.2 Å². The molecule has 0 spiro atoms. The first-order valence-corrected chi connectivity index (χ1v) is 7.23. The van der Waals surface area contributed by atoms with E-state index in [0.717, 1.165) is 22.5 Å². The number of non-ortho nitro benzene ring substituents is 1. The Morgan fingerprint density at radius 3 is 2.60 bits per heavy atom. The zero-order valence-electron chi connectivity index (χ0n) is 13.1. The Kier molecular flexibility index (Phi) is 4.12. The molecule has 25 heavy (non-hydrogen) atoms. The number of aromatic nitrogens is 1. The van der Waals surface area contributed by atoms with Crippen LogP contribution in [0.4, 0.5) is 17.1 Å². The molecule has 0 atom stereocenters. The molecule has 0 aliphatic rings. The normalized spacial score (nSPS) is 11.1. The van der Waals surface area contributed by atoms with Crippen LogP contribution in [0.1, 0.15) is 5.56 Å². The Morgan fingerprint density at radius 1 is 1.12 bits per heavy atom. The van der Waals surface area contributed by atoms with Crippen molar-refractivity contribution in [3.63, 3.8) is 0 Å². The van der Waals surface area contributed by atoms with Gasteiger partial charge in [-0.3, -0.25) is 25.7 Å². The van der Waals surface area contributed by atoms with Crippen molar-refractivity contribution in [1.82, 2.24) is 4.57 Å². The van der Waals surface area contributed by atoms with E-state index in [1.807, 2.05) is 42.1 Å². The van der Waals surface area contributed by atoms with E-state index in [4.69, 9.17) is 0 Å². The molecule has 3 rings (SSSR count). The first-order valence-electron chi connectivity index (χ1n) is 7.23. The predicted molar refractivity (Wildman–Crippen MR) is 93.9 cm³/mol. The van der Waals surface area contributed by atoms with Crippen LogP contribution in [0.2, 0.25) is 0 Å². The van der Waals surface area contributed by atoms with Crippen LogP contribution in [0.3, 0.4) is 0 Å². The SMILES string of the molecule is Cn1cc(/C=N/Nc2ccc([N+](=O)[O-])cc2[N+](=O)[O-])c2ccccc21. The third-order valence-corrected chi connectivity index (χ3v) is 3.71. The van der Waals surface area contributed by atoms with Gasteiger partial charge in [0.2, 0.25) is 0 Å². The van der Waals surface area contributed by atoms with Crippen molar-refractivity contribution < 1.29 is 9.85 Å². The van der Waals surface area contributed by atoms with Crippen LogP contribution in [0.15, 0.2) is 53.8 Å². The van der Waals surface area contributed by atoms with Gasteiger partial charge in [-0.15, -0.1) is 0 Å². The maximum atomic E-state index is 11.1. The summed E-state index contributed by atoms with van der Waals surface area (Å²) in [5.74, 6) is 0. The second-order valence-electron chi connectivity index (χ2n) is 5.30. The van der Waals surface area contributed by atoms with Gasteiger partial charge in [-0.25, -0.2) is 0 Å². The van der Waals surface area contributed by atoms with E-state index in [2.05, 4.69) is 10.5 Å². The van der Waals surface area contributed by atoms with E-state index in [0.29, 0.717) is 0 Å². The van der Waals surface area contributed by atoms with Crippen LogP contribution in [0.25, 0.3) is 10.9 Å². The average Bonchev–Trinajstić information content (AvgIpc) is 2.91. The molecule has 0 aliphatic heterocycles. The Labute approximate surface area is 141 Å². The molecule has 0 unspecified atom stereocenters. The average molecular weight is 339 g/mol. The number of anilines is 1. The van der Waals surface area contributed by atoms with Gasteiger partial charge in [0.05, 0.1) is 22.1 Å². The predicted octanol–water partition coefficient (Wildman–Crippen LogP) is 3.44. The molecule has 0 fully saturated rings. The number of para-hydroxylation sites is 1. The summed E-state index contributed by atoms with van der Waals surface area (Å²) in [5, 5.41) is 26.9. The molecular weight excluding hydrogens is 326 g/mol. The van der Waals surface area contributed by atoms with Gasteiger partial charge in [0.25, 0.3) is 5.69 Å². The standard InChI is InChI=1S/C16H13N5O4/c1-19-10-11(13-4-2-3-5-15(13)19)9-17-18-14-7-6-12(20(22)23)8-16(14)21(24)25/h2-10,18H,1H3/b17-9+. The van der Waals surface area contributed by atoms with Crippen LogP contribution in [-0.4, -0.2) is 20.6 Å². The molecule has 3 aromatic rings. The lowest BCUT2D eigenvalue weighted by Gasteiger charge is -2.01. The van der Waals surface area contributed by atoms with Crippen molar-refractivity contribution in [2.75, 3.05) is 5.43 Å². The van der Waals surface area contributed by atoms with Crippen LogP contribution >= 0.6 is 0 Å². The molecule has 9 heteroatoms. The number of hydrogen-bond acceptors (Lipinski definition) is 6. The Hall–Kier alpha value is -3.75. The number of fused-ring (bicyclic) bond motifs is 1. The van der Waals surface area contributed by atoms with Gasteiger partial charge in [-0.1, -0.05) is 18.2 Å². The number of benzene rings is 2. The molecule has 1 N–H and O–H groups in total. The van der Waals surface area contributed by atoms with Gasteiger partial charge in [0.15, 0.2) is 0 Å². The second-order valence-corrected chi connectivity index (χ2v) is 5.30. The highest BCUT2D eigenvalue weighted by Crippen LogP contribution is 2.29. The van der Waals surface area contributed by atoms with Gasteiger partial charge in [0.1, 0.15) is 5.69 Å². The molecule has 0 saturated carbocycles. The minimum Gasteiger partial charge on any atom is -0.350 e. The fourth-order valence-corrected chi connectivity index (χ4v) is 2.53. The summed E-state index contributed by atoms with van der Waals surface area (Å²) in [6.45, 7) is 0. The molecule has 0 aliphatic carbocycles. The first-order chi connectivity index (χ1) is 12.0. The number of nitro benzene ring substituents is 2. The molecular formula is C16H13N5O4. The van der Waals surface area contributed by atoms with Crippen molar-refractivity contribution >= 4 is 34.2 Å². The third kappa shape index (κ3) is 3.15. The van der Waals surface area contributed by atoms with Crippen molar-refractivity contribution in [1.29, 1.82) is 0 Å². The Morgan fingerprint density at radius 2 is 1.88 bits per heavy atom. The van der Waals surface area contributed by atoms with E-state index in [1.54, 1.807) is 6.21 Å². The zero-order chi connectivity index (χ0) is 18.0. The summed E-state index contributed by atoms with van der Waals surface area (Å²) in [6, 6.07) is 11.1. The molecule has 0 bridgehead atoms. The number of nitrogens with zero attached hydrogens (tertiary/aromatic N) is 4. The molecule has 9 nitrogen and oxygen atoms in total. The summed E-state index contributed by atoms with van der Waals surface area (Å²) in [4.78, 5) is 20.5. The topological polar surface area (TPSA) is 116 Å². The van der Waals surface area contributed by atoms with Crippen LogP contribution < -0.4 is 5.43 Å². The summed E-state index contributed by atoms with van der Waals surface area (Å²) in [6.07, 6.45) is 3.44. The van der Waals surface area contributed by atoms with Gasteiger partial charge in [0, 0.05) is 35.8 Å². The van der Waals surface area contributed by atoms with E-state index in [1.165, 1.54) is 12.1 Å². The van der Waals surface area contributed by atoms with Crippen molar-refractivity contribution in [2.24, 2.45) is 12.1 Å². The quantitative estimate of drug-likeness (QED) is 0.434. The third-order valence-electron chi connectivity index (χ3n) is 3.71. The minimum absolute atomic E-state index is 0.0760. The maximum Gasteiger partial charge on any atom is 0.301 e. The number of rotatable bonds is 5. The molecule has 0 amide bonds. The molecule has 126 valence electrons. The van der Waals surface area contributed by atoms with E-state index < -0.39 is 15.5 Å². The Bertz CT molecular complexity index is 1010. The number of aryl methyl sites for hydroxylation is 1. The van der Waals surface area contributed by atoms with Crippen LogP contribution in [0.5, 0.6) is 0 Å². The van der Waals surface area contributed by atoms with Crippen LogP contribution in [-0.2, 0) is 7.05 Å². The fourth-order valence-electron chi connectivity index (χ4n) is 2.53. The van der Waals surface area contributed by atoms with Gasteiger partial charge in [-0.2, -0.15) is 5.10 Å². The molecule has 0 saturated heterocycles. The summed E-state index contributed by atoms with van der Waals surface area (Å²) in [5.41, 5.74) is 3.77. The Balaban J connectivity index is 1.89. The highest BCUT2D eigenvalue weighted by Gasteiger charge is 2.19. The van der Waals surface area contributed by atoms with Crippen molar-refractivity contribution in [3.05, 3.63) is 74.5 Å². The smallest absolute Gasteiger partial charge is 0.301 e. The molecule has 1 heterocycles. The highest BCUT2D eigenvalue weighted by atomic mass is 16.6. The summed E-state index contributed by atoms with van der Waals surface area (Å²) >= 11 is 0. The number of nitrogens with one attached hydrogen (secondary N) is 1. The lowest BCUT2D eigenvalue weighted by atomic mass is 10.2.